The Morgan fingerprint density at radius 2 is 1.82 bits per heavy atom. The number of carbonyl (C=O) groups is 1. The lowest BCUT2D eigenvalue weighted by Gasteiger charge is -2.10. The predicted molar refractivity (Wildman–Crippen MR) is 86.8 cm³/mol. The lowest BCUT2D eigenvalue weighted by Crippen LogP contribution is -2.13. The molecule has 0 aromatic heterocycles. The number of hydrogen-bond acceptors (Lipinski definition) is 4. The lowest BCUT2D eigenvalue weighted by molar-refractivity contribution is 0.102. The van der Waals surface area contributed by atoms with Crippen LogP contribution in [0.15, 0.2) is 47.4 Å². The standard InChI is InChI=1S/C14H11ClFNO3S2/c15-12-7-10(16)3-6-13(12)17-22(19,20)11-4-1-9(2-5-11)14(18)8-21/h1-7,17,21H,8H2. The van der Waals surface area contributed by atoms with E-state index in [1.165, 1.54) is 30.3 Å². The summed E-state index contributed by atoms with van der Waals surface area (Å²) in [6, 6.07) is 8.74. The maximum atomic E-state index is 13.0. The van der Waals surface area contributed by atoms with Crippen molar-refractivity contribution in [3.05, 3.63) is 58.9 Å². The molecule has 0 saturated carbocycles. The number of sulfonamides is 1. The first-order chi connectivity index (χ1) is 10.3. The van der Waals surface area contributed by atoms with Gasteiger partial charge in [-0.1, -0.05) is 23.7 Å². The summed E-state index contributed by atoms with van der Waals surface area (Å²) in [5.41, 5.74) is 0.437. The van der Waals surface area contributed by atoms with E-state index in [0.29, 0.717) is 5.56 Å². The Kier molecular flexibility index (Phi) is 5.10. The third-order valence-electron chi connectivity index (χ3n) is 2.81. The summed E-state index contributed by atoms with van der Waals surface area (Å²) >= 11 is 9.66. The van der Waals surface area contributed by atoms with Crippen LogP contribution < -0.4 is 4.72 Å². The molecule has 2 rings (SSSR count). The molecule has 116 valence electrons. The molecule has 8 heteroatoms. The molecular formula is C14H11ClFNO3S2. The van der Waals surface area contributed by atoms with Crippen LogP contribution in [0.1, 0.15) is 10.4 Å². The smallest absolute Gasteiger partial charge is 0.261 e. The van der Waals surface area contributed by atoms with Crippen molar-refractivity contribution in [3.8, 4) is 0 Å². The van der Waals surface area contributed by atoms with Crippen LogP contribution in [0.25, 0.3) is 0 Å². The van der Waals surface area contributed by atoms with Gasteiger partial charge in [0.05, 0.1) is 21.4 Å². The van der Waals surface area contributed by atoms with Crippen molar-refractivity contribution in [2.75, 3.05) is 10.5 Å². The Balaban J connectivity index is 2.28. The number of thiol groups is 1. The first kappa shape index (κ1) is 16.8. The maximum absolute atomic E-state index is 13.0. The summed E-state index contributed by atoms with van der Waals surface area (Å²) < 4.78 is 39.7. The second-order valence-corrected chi connectivity index (χ2v) is 6.74. The molecule has 0 amide bonds. The van der Waals surface area contributed by atoms with Gasteiger partial charge >= 0.3 is 0 Å². The zero-order chi connectivity index (χ0) is 16.3. The molecule has 22 heavy (non-hydrogen) atoms. The molecule has 0 unspecified atom stereocenters. The minimum Gasteiger partial charge on any atom is -0.293 e. The van der Waals surface area contributed by atoms with Gasteiger partial charge in [0.15, 0.2) is 5.78 Å². The van der Waals surface area contributed by atoms with E-state index < -0.39 is 15.8 Å². The topological polar surface area (TPSA) is 63.2 Å². The number of Topliss-reactive ketones (excluding diaryl/α,β-unsaturated/α-hetero) is 1. The summed E-state index contributed by atoms with van der Waals surface area (Å²) in [6.45, 7) is 0. The quantitative estimate of drug-likeness (QED) is 0.635. The number of nitrogens with one attached hydrogen (secondary N) is 1. The van der Waals surface area contributed by atoms with Crippen molar-refractivity contribution >= 4 is 45.7 Å². The van der Waals surface area contributed by atoms with E-state index in [4.69, 9.17) is 11.6 Å². The minimum absolute atomic E-state index is 0.0372. The van der Waals surface area contributed by atoms with E-state index in [0.717, 1.165) is 12.1 Å². The van der Waals surface area contributed by atoms with Gasteiger partial charge in [-0.3, -0.25) is 9.52 Å². The number of anilines is 1. The van der Waals surface area contributed by atoms with Crippen LogP contribution in [0.5, 0.6) is 0 Å². The average Bonchev–Trinajstić information content (AvgIpc) is 2.49. The summed E-state index contributed by atoms with van der Waals surface area (Å²) in [5, 5.41) is -0.0505. The highest BCUT2D eigenvalue weighted by molar-refractivity contribution is 7.92. The van der Waals surface area contributed by atoms with Crippen LogP contribution in [-0.2, 0) is 10.0 Å². The number of rotatable bonds is 5. The van der Waals surface area contributed by atoms with E-state index in [-0.39, 0.29) is 27.1 Å². The number of benzene rings is 2. The zero-order valence-corrected chi connectivity index (χ0v) is 13.6. The first-order valence-corrected chi connectivity index (χ1v) is 8.55. The fraction of sp³-hybridized carbons (Fsp3) is 0.0714. The Morgan fingerprint density at radius 1 is 1.18 bits per heavy atom. The van der Waals surface area contributed by atoms with Crippen molar-refractivity contribution in [3.63, 3.8) is 0 Å². The van der Waals surface area contributed by atoms with Gasteiger partial charge in [0.1, 0.15) is 5.82 Å². The van der Waals surface area contributed by atoms with Crippen molar-refractivity contribution in [2.24, 2.45) is 0 Å². The molecule has 0 heterocycles. The molecule has 0 atom stereocenters. The Hall–Kier alpha value is -1.57. The summed E-state index contributed by atoms with van der Waals surface area (Å²) in [7, 11) is -3.89. The largest absolute Gasteiger partial charge is 0.293 e. The summed E-state index contributed by atoms with van der Waals surface area (Å²) in [6.07, 6.45) is 0. The fourth-order valence-electron chi connectivity index (χ4n) is 1.69. The highest BCUT2D eigenvalue weighted by Crippen LogP contribution is 2.25. The van der Waals surface area contributed by atoms with Crippen LogP contribution in [0.2, 0.25) is 5.02 Å². The van der Waals surface area contributed by atoms with Gasteiger partial charge in [-0.2, -0.15) is 12.6 Å². The van der Waals surface area contributed by atoms with E-state index in [1.807, 2.05) is 0 Å². The summed E-state index contributed by atoms with van der Waals surface area (Å²) in [5.74, 6) is -0.736. The molecule has 0 fully saturated rings. The predicted octanol–water partition coefficient (Wildman–Crippen LogP) is 3.39. The van der Waals surface area contributed by atoms with E-state index >= 15 is 0 Å². The maximum Gasteiger partial charge on any atom is 0.261 e. The lowest BCUT2D eigenvalue weighted by atomic mass is 10.1. The van der Waals surface area contributed by atoms with Gasteiger partial charge in [0.25, 0.3) is 10.0 Å². The van der Waals surface area contributed by atoms with Crippen LogP contribution in [-0.4, -0.2) is 20.0 Å². The fourth-order valence-corrected chi connectivity index (χ4v) is 3.22. The van der Waals surface area contributed by atoms with Crippen LogP contribution >= 0.6 is 24.2 Å². The van der Waals surface area contributed by atoms with Crippen LogP contribution in [0.4, 0.5) is 10.1 Å². The van der Waals surface area contributed by atoms with Gasteiger partial charge in [-0.25, -0.2) is 12.8 Å². The van der Waals surface area contributed by atoms with Crippen LogP contribution in [0.3, 0.4) is 0 Å². The van der Waals surface area contributed by atoms with Crippen LogP contribution in [0, 0.1) is 5.82 Å². The molecule has 2 aromatic carbocycles. The zero-order valence-electron chi connectivity index (χ0n) is 11.1. The molecule has 0 aliphatic rings. The number of halogens is 2. The summed E-state index contributed by atoms with van der Waals surface area (Å²) in [4.78, 5) is 11.4. The monoisotopic (exact) mass is 359 g/mol. The van der Waals surface area contributed by atoms with Crippen molar-refractivity contribution < 1.29 is 17.6 Å². The molecule has 4 nitrogen and oxygen atoms in total. The van der Waals surface area contributed by atoms with E-state index in [9.17, 15) is 17.6 Å². The van der Waals surface area contributed by atoms with Gasteiger partial charge in [0, 0.05) is 5.56 Å². The Labute approximate surface area is 137 Å². The third kappa shape index (κ3) is 3.79. The highest BCUT2D eigenvalue weighted by Gasteiger charge is 2.16. The van der Waals surface area contributed by atoms with Crippen molar-refractivity contribution in [1.82, 2.24) is 0 Å². The molecular weight excluding hydrogens is 349 g/mol. The minimum atomic E-state index is -3.89. The second kappa shape index (κ2) is 6.68. The number of carbonyl (C=O) groups excluding carboxylic acids is 1. The molecule has 0 spiro atoms. The number of hydrogen-bond donors (Lipinski definition) is 2. The molecule has 0 radical (unpaired) electrons. The van der Waals surface area contributed by atoms with Gasteiger partial charge in [-0.05, 0) is 30.3 Å². The van der Waals surface area contributed by atoms with Crippen molar-refractivity contribution in [2.45, 2.75) is 4.90 Å². The van der Waals surface area contributed by atoms with Gasteiger partial charge in [0.2, 0.25) is 0 Å². The van der Waals surface area contributed by atoms with E-state index in [1.54, 1.807) is 0 Å². The second-order valence-electron chi connectivity index (χ2n) is 4.34. The highest BCUT2D eigenvalue weighted by atomic mass is 35.5. The molecule has 0 aliphatic heterocycles. The first-order valence-electron chi connectivity index (χ1n) is 6.05. The average molecular weight is 360 g/mol. The molecule has 0 aliphatic carbocycles. The molecule has 0 saturated heterocycles. The normalized spacial score (nSPS) is 11.2. The molecule has 0 bridgehead atoms. The SMILES string of the molecule is O=C(CS)c1ccc(S(=O)(=O)Nc2ccc(F)cc2Cl)cc1. The Morgan fingerprint density at radius 3 is 2.36 bits per heavy atom. The molecule has 1 N–H and O–H groups in total. The van der Waals surface area contributed by atoms with E-state index in [2.05, 4.69) is 17.4 Å². The molecule has 2 aromatic rings. The number of ketones is 1. The Bertz CT molecular complexity index is 807. The van der Waals surface area contributed by atoms with Gasteiger partial charge < -0.3 is 0 Å². The third-order valence-corrected chi connectivity index (χ3v) is 4.79. The van der Waals surface area contributed by atoms with Crippen molar-refractivity contribution in [1.29, 1.82) is 0 Å². The van der Waals surface area contributed by atoms with Gasteiger partial charge in [-0.15, -0.1) is 0 Å².